The maximum absolute atomic E-state index is 11.5. The number of aromatic nitrogens is 1. The molecule has 3 nitrogen and oxygen atoms in total. The van der Waals surface area contributed by atoms with E-state index in [4.69, 9.17) is 6.42 Å². The molecule has 2 rings (SSSR count). The third-order valence-corrected chi connectivity index (χ3v) is 3.96. The number of benzene rings is 1. The molecule has 1 N–H and O–H groups in total. The first kappa shape index (κ1) is 14.4. The van der Waals surface area contributed by atoms with Gasteiger partial charge < -0.3 is 5.32 Å². The Morgan fingerprint density at radius 3 is 2.80 bits per heavy atom. The third kappa shape index (κ3) is 2.94. The smallest absolute Gasteiger partial charge is 0.162 e. The van der Waals surface area contributed by atoms with E-state index in [9.17, 15) is 4.79 Å². The number of pyridine rings is 1. The molecule has 0 amide bonds. The van der Waals surface area contributed by atoms with Crippen LogP contribution in [0.3, 0.4) is 0 Å². The number of nitrogens with zero attached hydrogens (tertiary/aromatic N) is 1. The molecule has 0 fully saturated rings. The summed E-state index contributed by atoms with van der Waals surface area (Å²) in [6.45, 7) is 3.58. The fourth-order valence-corrected chi connectivity index (χ4v) is 2.66. The molecule has 1 unspecified atom stereocenters. The van der Waals surface area contributed by atoms with Gasteiger partial charge in [0.25, 0.3) is 0 Å². The summed E-state index contributed by atoms with van der Waals surface area (Å²) in [5, 5.41) is 3.97. The highest BCUT2D eigenvalue weighted by Gasteiger charge is 2.12. The van der Waals surface area contributed by atoms with Crippen LogP contribution in [0.5, 0.6) is 0 Å². The lowest BCUT2D eigenvalue weighted by atomic mass is 10.1. The highest BCUT2D eigenvalue weighted by molar-refractivity contribution is 8.00. The SMILES string of the molecule is C#Cc1cnc2c(C)cc(NC(SC)C(C)=O)cc2c1. The predicted molar refractivity (Wildman–Crippen MR) is 86.0 cm³/mol. The number of anilines is 1. The van der Waals surface area contributed by atoms with E-state index in [0.29, 0.717) is 0 Å². The first-order valence-electron chi connectivity index (χ1n) is 6.22. The molecule has 4 heteroatoms. The van der Waals surface area contributed by atoms with Crippen molar-refractivity contribution >= 4 is 34.1 Å². The molecule has 0 spiro atoms. The molecule has 0 saturated carbocycles. The van der Waals surface area contributed by atoms with Crippen LogP contribution in [-0.4, -0.2) is 22.4 Å². The van der Waals surface area contributed by atoms with Crippen LogP contribution in [0, 0.1) is 19.3 Å². The molecule has 20 heavy (non-hydrogen) atoms. The molecular formula is C16H16N2OS. The molecule has 0 saturated heterocycles. The number of rotatable bonds is 4. The van der Waals surface area contributed by atoms with Crippen LogP contribution in [0.2, 0.25) is 0 Å². The van der Waals surface area contributed by atoms with Crippen molar-refractivity contribution in [1.82, 2.24) is 4.98 Å². The summed E-state index contributed by atoms with van der Waals surface area (Å²) < 4.78 is 0. The Bertz CT molecular complexity index is 703. The van der Waals surface area contributed by atoms with Crippen LogP contribution in [0.4, 0.5) is 5.69 Å². The topological polar surface area (TPSA) is 42.0 Å². The van der Waals surface area contributed by atoms with Crippen molar-refractivity contribution < 1.29 is 4.79 Å². The van der Waals surface area contributed by atoms with E-state index in [-0.39, 0.29) is 11.2 Å². The zero-order valence-corrected chi connectivity index (χ0v) is 12.5. The first-order chi connectivity index (χ1) is 9.55. The molecule has 102 valence electrons. The number of terminal acetylenes is 1. The minimum absolute atomic E-state index is 0.103. The second kappa shape index (κ2) is 5.98. The zero-order chi connectivity index (χ0) is 14.7. The average Bonchev–Trinajstić information content (AvgIpc) is 2.43. The van der Waals surface area contributed by atoms with Crippen LogP contribution >= 0.6 is 11.8 Å². The van der Waals surface area contributed by atoms with Gasteiger partial charge in [-0.15, -0.1) is 18.2 Å². The standard InChI is InChI=1S/C16H16N2OS/c1-5-12-7-13-8-14(18-16(20-4)11(3)19)6-10(2)15(13)17-9-12/h1,6-9,16,18H,2-4H3. The first-order valence-corrected chi connectivity index (χ1v) is 7.50. The van der Waals surface area contributed by atoms with Crippen molar-refractivity contribution in [2.24, 2.45) is 0 Å². The number of hydrogen-bond acceptors (Lipinski definition) is 4. The summed E-state index contributed by atoms with van der Waals surface area (Å²) in [6, 6.07) is 5.90. The second-order valence-electron chi connectivity index (χ2n) is 4.60. The molecule has 1 heterocycles. The van der Waals surface area contributed by atoms with Gasteiger partial charge in [0.15, 0.2) is 5.78 Å². The Hall–Kier alpha value is -1.99. The van der Waals surface area contributed by atoms with E-state index < -0.39 is 0 Å². The molecule has 0 bridgehead atoms. The molecule has 2 aromatic rings. The number of fused-ring (bicyclic) bond motifs is 1. The van der Waals surface area contributed by atoms with E-state index in [1.54, 1.807) is 13.1 Å². The Balaban J connectivity index is 2.45. The molecule has 1 atom stereocenters. The molecule has 1 aromatic heterocycles. The van der Waals surface area contributed by atoms with Gasteiger partial charge in [-0.1, -0.05) is 5.92 Å². The Labute approximate surface area is 123 Å². The minimum Gasteiger partial charge on any atom is -0.367 e. The highest BCUT2D eigenvalue weighted by Crippen LogP contribution is 2.24. The lowest BCUT2D eigenvalue weighted by Crippen LogP contribution is -2.23. The van der Waals surface area contributed by atoms with Crippen molar-refractivity contribution in [3.8, 4) is 12.3 Å². The van der Waals surface area contributed by atoms with Crippen molar-refractivity contribution in [2.45, 2.75) is 19.2 Å². The van der Waals surface area contributed by atoms with E-state index in [2.05, 4.69) is 16.2 Å². The molecular weight excluding hydrogens is 268 g/mol. The number of Topliss-reactive ketones (excluding diaryl/α,β-unsaturated/α-hetero) is 1. The van der Waals surface area contributed by atoms with Crippen molar-refractivity contribution in [3.63, 3.8) is 0 Å². The monoisotopic (exact) mass is 284 g/mol. The fourth-order valence-electron chi connectivity index (χ4n) is 2.07. The van der Waals surface area contributed by atoms with Crippen LogP contribution in [0.15, 0.2) is 24.4 Å². The van der Waals surface area contributed by atoms with Gasteiger partial charge in [-0.05, 0) is 43.9 Å². The number of nitrogens with one attached hydrogen (secondary N) is 1. The largest absolute Gasteiger partial charge is 0.367 e. The van der Waals surface area contributed by atoms with Crippen LogP contribution in [0.1, 0.15) is 18.1 Å². The van der Waals surface area contributed by atoms with Gasteiger partial charge in [0.05, 0.1) is 5.52 Å². The number of carbonyl (C=O) groups is 1. The summed E-state index contributed by atoms with van der Waals surface area (Å²) in [5.41, 5.74) is 3.64. The van der Waals surface area contributed by atoms with E-state index in [0.717, 1.165) is 27.7 Å². The predicted octanol–water partition coefficient (Wildman–Crippen LogP) is 3.21. The Morgan fingerprint density at radius 1 is 1.45 bits per heavy atom. The van der Waals surface area contributed by atoms with Gasteiger partial charge in [0, 0.05) is 22.8 Å². The number of ketones is 1. The fraction of sp³-hybridized carbons (Fsp3) is 0.250. The lowest BCUT2D eigenvalue weighted by Gasteiger charge is -2.16. The van der Waals surface area contributed by atoms with Gasteiger partial charge in [-0.2, -0.15) is 0 Å². The van der Waals surface area contributed by atoms with Crippen molar-refractivity contribution in [1.29, 1.82) is 0 Å². The van der Waals surface area contributed by atoms with Crippen LogP contribution in [0.25, 0.3) is 10.9 Å². The lowest BCUT2D eigenvalue weighted by molar-refractivity contribution is -0.116. The van der Waals surface area contributed by atoms with Crippen molar-refractivity contribution in [3.05, 3.63) is 35.5 Å². The summed E-state index contributed by atoms with van der Waals surface area (Å²) >= 11 is 1.48. The molecule has 1 aromatic carbocycles. The quantitative estimate of drug-likeness (QED) is 0.691. The summed E-state index contributed by atoms with van der Waals surface area (Å²) in [5.74, 6) is 2.69. The van der Waals surface area contributed by atoms with Gasteiger partial charge in [0.1, 0.15) is 5.37 Å². The van der Waals surface area contributed by atoms with Gasteiger partial charge in [0.2, 0.25) is 0 Å². The second-order valence-corrected chi connectivity index (χ2v) is 5.55. The number of thioether (sulfide) groups is 1. The van der Waals surface area contributed by atoms with E-state index in [1.807, 2.05) is 31.4 Å². The average molecular weight is 284 g/mol. The summed E-state index contributed by atoms with van der Waals surface area (Å²) in [4.78, 5) is 15.9. The maximum atomic E-state index is 11.5. The van der Waals surface area contributed by atoms with Gasteiger partial charge in [-0.25, -0.2) is 0 Å². The molecule has 0 radical (unpaired) electrons. The summed E-state index contributed by atoms with van der Waals surface area (Å²) in [6.07, 6.45) is 9.01. The van der Waals surface area contributed by atoms with E-state index >= 15 is 0 Å². The number of carbonyl (C=O) groups excluding carboxylic acids is 1. The normalized spacial score (nSPS) is 11.9. The van der Waals surface area contributed by atoms with Gasteiger partial charge in [-0.3, -0.25) is 9.78 Å². The Morgan fingerprint density at radius 2 is 2.20 bits per heavy atom. The molecule has 0 aliphatic rings. The van der Waals surface area contributed by atoms with Crippen LogP contribution < -0.4 is 5.32 Å². The van der Waals surface area contributed by atoms with Crippen LogP contribution in [-0.2, 0) is 4.79 Å². The number of aryl methyl sites for hydroxylation is 1. The Kier molecular flexibility index (Phi) is 4.31. The zero-order valence-electron chi connectivity index (χ0n) is 11.7. The highest BCUT2D eigenvalue weighted by atomic mass is 32.2. The minimum atomic E-state index is -0.240. The summed E-state index contributed by atoms with van der Waals surface area (Å²) in [7, 11) is 0. The maximum Gasteiger partial charge on any atom is 0.162 e. The molecule has 0 aliphatic carbocycles. The van der Waals surface area contributed by atoms with Gasteiger partial charge >= 0.3 is 0 Å². The van der Waals surface area contributed by atoms with E-state index in [1.165, 1.54) is 11.8 Å². The third-order valence-electron chi connectivity index (χ3n) is 3.04. The van der Waals surface area contributed by atoms with Crippen molar-refractivity contribution in [2.75, 3.05) is 11.6 Å². The number of hydrogen-bond donors (Lipinski definition) is 1. The molecule has 0 aliphatic heterocycles.